The lowest BCUT2D eigenvalue weighted by Gasteiger charge is -2.28. The van der Waals surface area contributed by atoms with Crippen molar-refractivity contribution in [2.24, 2.45) is 5.73 Å². The van der Waals surface area contributed by atoms with Crippen molar-refractivity contribution in [2.75, 3.05) is 6.54 Å². The first-order chi connectivity index (χ1) is 8.18. The fourth-order valence-corrected chi connectivity index (χ4v) is 2.05. The Morgan fingerprint density at radius 3 is 2.59 bits per heavy atom. The van der Waals surface area contributed by atoms with Gasteiger partial charge in [-0.3, -0.25) is 4.79 Å². The van der Waals surface area contributed by atoms with Gasteiger partial charge < -0.3 is 16.0 Å². The maximum atomic E-state index is 11.7. The fraction of sp³-hybridized carbons (Fsp3) is 0.333. The monoisotopic (exact) mass is 233 g/mol. The highest BCUT2D eigenvalue weighted by molar-refractivity contribution is 5.80. The zero-order chi connectivity index (χ0) is 12.3. The van der Waals surface area contributed by atoms with E-state index in [1.54, 1.807) is 4.90 Å². The largest absolute Gasteiger partial charge is 0.352 e. The summed E-state index contributed by atoms with van der Waals surface area (Å²) in [6.07, 6.45) is 0.899. The second-order valence-electron chi connectivity index (χ2n) is 4.01. The van der Waals surface area contributed by atoms with Crippen molar-refractivity contribution in [1.82, 2.24) is 10.2 Å². The van der Waals surface area contributed by atoms with Crippen LogP contribution in [0.15, 0.2) is 30.3 Å². The molecule has 1 saturated heterocycles. The minimum absolute atomic E-state index is 0.0487. The molecule has 3 amide bonds. The van der Waals surface area contributed by atoms with Crippen molar-refractivity contribution in [3.05, 3.63) is 35.9 Å². The summed E-state index contributed by atoms with van der Waals surface area (Å²) >= 11 is 0. The topological polar surface area (TPSA) is 75.4 Å². The van der Waals surface area contributed by atoms with Gasteiger partial charge in [0.15, 0.2) is 0 Å². The highest BCUT2D eigenvalue weighted by Crippen LogP contribution is 2.23. The average molecular weight is 233 g/mol. The summed E-state index contributed by atoms with van der Waals surface area (Å²) in [7, 11) is 0. The highest BCUT2D eigenvalue weighted by Gasteiger charge is 2.29. The van der Waals surface area contributed by atoms with Crippen molar-refractivity contribution in [3.8, 4) is 0 Å². The quantitative estimate of drug-likeness (QED) is 0.816. The third-order valence-corrected chi connectivity index (χ3v) is 2.82. The standard InChI is InChI=1S/C12H15N3O2/c13-12(17)14-11(9-5-2-1-3-6-9)15-8-4-7-10(15)16/h1-3,5-6,11H,4,7-8H2,(H3,13,14,17). The van der Waals surface area contributed by atoms with Crippen molar-refractivity contribution in [3.63, 3.8) is 0 Å². The SMILES string of the molecule is NC(=O)NC(c1ccccc1)N1CCCC1=O. The van der Waals surface area contributed by atoms with Gasteiger partial charge in [-0.1, -0.05) is 30.3 Å². The number of nitrogens with zero attached hydrogens (tertiary/aromatic N) is 1. The number of urea groups is 1. The summed E-state index contributed by atoms with van der Waals surface area (Å²) in [6.45, 7) is 0.651. The Balaban J connectivity index is 2.25. The van der Waals surface area contributed by atoms with Crippen LogP contribution < -0.4 is 11.1 Å². The number of carbonyl (C=O) groups excluding carboxylic acids is 2. The first-order valence-electron chi connectivity index (χ1n) is 5.59. The minimum Gasteiger partial charge on any atom is -0.352 e. The van der Waals surface area contributed by atoms with Crippen LogP contribution in [0.1, 0.15) is 24.6 Å². The van der Waals surface area contributed by atoms with Crippen molar-refractivity contribution in [2.45, 2.75) is 19.0 Å². The molecule has 0 aliphatic carbocycles. The maximum absolute atomic E-state index is 11.7. The normalized spacial score (nSPS) is 16.9. The van der Waals surface area contributed by atoms with E-state index in [1.165, 1.54) is 0 Å². The Bertz CT molecular complexity index is 419. The third kappa shape index (κ3) is 2.55. The molecule has 0 aromatic heterocycles. The van der Waals surface area contributed by atoms with Gasteiger partial charge in [0, 0.05) is 13.0 Å². The van der Waals surface area contributed by atoms with Crippen LogP contribution in [0.2, 0.25) is 0 Å². The summed E-state index contributed by atoms with van der Waals surface area (Å²) in [6, 6.07) is 8.73. The van der Waals surface area contributed by atoms with E-state index in [2.05, 4.69) is 5.32 Å². The van der Waals surface area contributed by atoms with Gasteiger partial charge in [0.1, 0.15) is 6.17 Å². The lowest BCUT2D eigenvalue weighted by atomic mass is 10.1. The maximum Gasteiger partial charge on any atom is 0.314 e. The molecule has 1 aliphatic rings. The Labute approximate surface area is 99.6 Å². The van der Waals surface area contributed by atoms with Crippen molar-refractivity contribution >= 4 is 11.9 Å². The molecule has 0 bridgehead atoms. The molecule has 1 aliphatic heterocycles. The third-order valence-electron chi connectivity index (χ3n) is 2.82. The lowest BCUT2D eigenvalue weighted by molar-refractivity contribution is -0.130. The van der Waals surface area contributed by atoms with Crippen LogP contribution in [0.25, 0.3) is 0 Å². The Morgan fingerprint density at radius 2 is 2.06 bits per heavy atom. The summed E-state index contributed by atoms with van der Waals surface area (Å²) in [5.74, 6) is 0.0487. The fourth-order valence-electron chi connectivity index (χ4n) is 2.05. The van der Waals surface area contributed by atoms with Gasteiger partial charge in [0.05, 0.1) is 0 Å². The number of benzene rings is 1. The van der Waals surface area contributed by atoms with E-state index in [-0.39, 0.29) is 5.91 Å². The smallest absolute Gasteiger partial charge is 0.314 e. The number of nitrogens with two attached hydrogens (primary N) is 1. The summed E-state index contributed by atoms with van der Waals surface area (Å²) in [5, 5.41) is 2.61. The van der Waals surface area contributed by atoms with Crippen molar-refractivity contribution < 1.29 is 9.59 Å². The van der Waals surface area contributed by atoms with E-state index in [0.29, 0.717) is 13.0 Å². The number of hydrogen-bond acceptors (Lipinski definition) is 2. The molecule has 17 heavy (non-hydrogen) atoms. The molecular formula is C12H15N3O2. The van der Waals surface area contributed by atoms with Gasteiger partial charge in [0.2, 0.25) is 5.91 Å². The van der Waals surface area contributed by atoms with E-state index in [0.717, 1.165) is 12.0 Å². The van der Waals surface area contributed by atoms with Crippen LogP contribution in [0, 0.1) is 0 Å². The summed E-state index contributed by atoms with van der Waals surface area (Å²) < 4.78 is 0. The molecule has 3 N–H and O–H groups in total. The van der Waals surface area contributed by atoms with E-state index in [4.69, 9.17) is 5.73 Å². The molecule has 1 aromatic rings. The molecule has 0 spiro atoms. The number of carbonyl (C=O) groups is 2. The van der Waals surface area contributed by atoms with E-state index in [1.807, 2.05) is 30.3 Å². The van der Waals surface area contributed by atoms with Gasteiger partial charge in [-0.2, -0.15) is 0 Å². The summed E-state index contributed by atoms with van der Waals surface area (Å²) in [5.41, 5.74) is 6.02. The second-order valence-corrected chi connectivity index (χ2v) is 4.01. The molecule has 1 fully saturated rings. The van der Waals surface area contributed by atoms with E-state index < -0.39 is 12.2 Å². The summed E-state index contributed by atoms with van der Waals surface area (Å²) in [4.78, 5) is 24.4. The first-order valence-corrected chi connectivity index (χ1v) is 5.59. The van der Waals surface area contributed by atoms with Crippen LogP contribution in [-0.2, 0) is 4.79 Å². The predicted molar refractivity (Wildman–Crippen MR) is 62.8 cm³/mol. The Hall–Kier alpha value is -2.04. The molecule has 2 rings (SSSR count). The zero-order valence-electron chi connectivity index (χ0n) is 9.43. The van der Waals surface area contributed by atoms with Crippen LogP contribution in [0.5, 0.6) is 0 Å². The molecule has 5 nitrogen and oxygen atoms in total. The molecule has 1 aromatic carbocycles. The Kier molecular flexibility index (Phi) is 3.27. The number of primary amides is 1. The molecular weight excluding hydrogens is 218 g/mol. The van der Waals surface area contributed by atoms with Crippen LogP contribution >= 0.6 is 0 Å². The molecule has 0 radical (unpaired) electrons. The van der Waals surface area contributed by atoms with Crippen LogP contribution in [-0.4, -0.2) is 23.4 Å². The van der Waals surface area contributed by atoms with Gasteiger partial charge in [-0.05, 0) is 12.0 Å². The molecule has 0 saturated carbocycles. The molecule has 5 heteroatoms. The van der Waals surface area contributed by atoms with Gasteiger partial charge in [-0.15, -0.1) is 0 Å². The van der Waals surface area contributed by atoms with Crippen molar-refractivity contribution in [1.29, 1.82) is 0 Å². The number of likely N-dealkylation sites (tertiary alicyclic amines) is 1. The predicted octanol–water partition coefficient (Wildman–Crippen LogP) is 0.976. The minimum atomic E-state index is -0.626. The second kappa shape index (κ2) is 4.86. The molecule has 90 valence electrons. The molecule has 1 atom stereocenters. The zero-order valence-corrected chi connectivity index (χ0v) is 9.43. The average Bonchev–Trinajstić information content (AvgIpc) is 2.73. The van der Waals surface area contributed by atoms with E-state index >= 15 is 0 Å². The van der Waals surface area contributed by atoms with Crippen LogP contribution in [0.3, 0.4) is 0 Å². The number of rotatable bonds is 3. The van der Waals surface area contributed by atoms with Gasteiger partial charge >= 0.3 is 6.03 Å². The van der Waals surface area contributed by atoms with E-state index in [9.17, 15) is 9.59 Å². The van der Waals surface area contributed by atoms with Gasteiger partial charge in [0.25, 0.3) is 0 Å². The molecule has 1 unspecified atom stereocenters. The lowest BCUT2D eigenvalue weighted by Crippen LogP contribution is -2.44. The number of nitrogens with one attached hydrogen (secondary N) is 1. The number of amides is 3. The highest BCUT2D eigenvalue weighted by atomic mass is 16.2. The van der Waals surface area contributed by atoms with Crippen LogP contribution in [0.4, 0.5) is 4.79 Å². The number of hydrogen-bond donors (Lipinski definition) is 2. The van der Waals surface area contributed by atoms with Gasteiger partial charge in [-0.25, -0.2) is 4.79 Å². The Morgan fingerprint density at radius 1 is 1.35 bits per heavy atom. The first kappa shape index (κ1) is 11.4. The molecule has 1 heterocycles.